The standard InChI is InChI=1S/C22H16ClF2N3O/c1-13-19(6-3-9-26-13)28(16-5-2-4-15(23)11-16)12-14-10-20(29)27-22-17(14)7-8-18(24)21(22)25/h2-11H,12H2,1H3,(H,27,29). The number of rotatable bonds is 4. The van der Waals surface area contributed by atoms with Crippen LogP contribution in [0.4, 0.5) is 20.2 Å². The number of aromatic nitrogens is 2. The monoisotopic (exact) mass is 411 g/mol. The predicted molar refractivity (Wildman–Crippen MR) is 111 cm³/mol. The summed E-state index contributed by atoms with van der Waals surface area (Å²) >= 11 is 6.19. The van der Waals surface area contributed by atoms with Crippen molar-refractivity contribution in [2.45, 2.75) is 13.5 Å². The number of H-pyrrole nitrogens is 1. The lowest BCUT2D eigenvalue weighted by Gasteiger charge is -2.27. The number of aromatic amines is 1. The largest absolute Gasteiger partial charge is 0.335 e. The fourth-order valence-electron chi connectivity index (χ4n) is 3.36. The highest BCUT2D eigenvalue weighted by Gasteiger charge is 2.17. The number of pyridine rings is 2. The fourth-order valence-corrected chi connectivity index (χ4v) is 3.54. The van der Waals surface area contributed by atoms with Crippen molar-refractivity contribution in [3.05, 3.63) is 99.1 Å². The van der Waals surface area contributed by atoms with Crippen LogP contribution in [-0.2, 0) is 6.54 Å². The van der Waals surface area contributed by atoms with Crippen molar-refractivity contribution in [3.63, 3.8) is 0 Å². The van der Waals surface area contributed by atoms with Gasteiger partial charge in [0.2, 0.25) is 5.56 Å². The minimum absolute atomic E-state index is 0.151. The number of nitrogens with zero attached hydrogens (tertiary/aromatic N) is 2. The number of aryl methyl sites for hydroxylation is 1. The van der Waals surface area contributed by atoms with E-state index in [-0.39, 0.29) is 12.1 Å². The number of benzene rings is 2. The predicted octanol–water partition coefficient (Wildman–Crippen LogP) is 5.50. The Balaban J connectivity index is 1.91. The molecular weight excluding hydrogens is 396 g/mol. The molecule has 4 aromatic rings. The van der Waals surface area contributed by atoms with Gasteiger partial charge in [0, 0.05) is 34.9 Å². The molecule has 0 saturated heterocycles. The van der Waals surface area contributed by atoms with E-state index < -0.39 is 17.2 Å². The molecule has 2 aromatic heterocycles. The quantitative estimate of drug-likeness (QED) is 0.482. The molecule has 0 aliphatic heterocycles. The molecule has 29 heavy (non-hydrogen) atoms. The third-order valence-electron chi connectivity index (χ3n) is 4.71. The number of nitrogens with one attached hydrogen (secondary N) is 1. The van der Waals surface area contributed by atoms with E-state index in [0.717, 1.165) is 23.1 Å². The molecule has 0 atom stereocenters. The second kappa shape index (κ2) is 7.64. The molecule has 2 heterocycles. The average molecular weight is 412 g/mol. The van der Waals surface area contributed by atoms with Gasteiger partial charge >= 0.3 is 0 Å². The van der Waals surface area contributed by atoms with Crippen LogP contribution in [0.25, 0.3) is 10.9 Å². The molecule has 0 bridgehead atoms. The third-order valence-corrected chi connectivity index (χ3v) is 4.95. The van der Waals surface area contributed by atoms with Gasteiger partial charge in [0.05, 0.1) is 16.9 Å². The van der Waals surface area contributed by atoms with E-state index in [1.165, 1.54) is 12.1 Å². The van der Waals surface area contributed by atoms with Crippen molar-refractivity contribution in [2.24, 2.45) is 0 Å². The highest BCUT2D eigenvalue weighted by atomic mass is 35.5. The lowest BCUT2D eigenvalue weighted by atomic mass is 10.1. The lowest BCUT2D eigenvalue weighted by molar-refractivity contribution is 0.515. The van der Waals surface area contributed by atoms with Crippen molar-refractivity contribution >= 4 is 33.9 Å². The maximum absolute atomic E-state index is 14.3. The van der Waals surface area contributed by atoms with Gasteiger partial charge in [-0.15, -0.1) is 0 Å². The number of hydrogen-bond acceptors (Lipinski definition) is 3. The molecule has 0 fully saturated rings. The van der Waals surface area contributed by atoms with Gasteiger partial charge in [0.1, 0.15) is 0 Å². The molecule has 0 aliphatic rings. The summed E-state index contributed by atoms with van der Waals surface area (Å²) < 4.78 is 27.9. The van der Waals surface area contributed by atoms with Gasteiger partial charge in [-0.3, -0.25) is 9.78 Å². The van der Waals surface area contributed by atoms with Crippen LogP contribution in [0.2, 0.25) is 5.02 Å². The van der Waals surface area contributed by atoms with Crippen molar-refractivity contribution in [2.75, 3.05) is 4.90 Å². The number of fused-ring (bicyclic) bond motifs is 1. The second-order valence-corrected chi connectivity index (χ2v) is 7.05. The van der Waals surface area contributed by atoms with Gasteiger partial charge in [0.25, 0.3) is 0 Å². The normalized spacial score (nSPS) is 11.0. The SMILES string of the molecule is Cc1ncccc1N(Cc1cc(=O)[nH]c2c(F)c(F)ccc12)c1cccc(Cl)c1. The van der Waals surface area contributed by atoms with E-state index in [1.54, 1.807) is 18.3 Å². The Labute approximate surface area is 170 Å². The molecule has 0 radical (unpaired) electrons. The Bertz CT molecular complexity index is 1270. The molecule has 7 heteroatoms. The van der Waals surface area contributed by atoms with Crippen molar-refractivity contribution < 1.29 is 8.78 Å². The molecule has 0 saturated carbocycles. The first-order valence-corrected chi connectivity index (χ1v) is 9.26. The molecule has 0 unspecified atom stereocenters. The molecule has 146 valence electrons. The lowest BCUT2D eigenvalue weighted by Crippen LogP contribution is -2.20. The Morgan fingerprint density at radius 2 is 1.93 bits per heavy atom. The first-order chi connectivity index (χ1) is 13.9. The summed E-state index contributed by atoms with van der Waals surface area (Å²) in [7, 11) is 0. The third kappa shape index (κ3) is 3.71. The van der Waals surface area contributed by atoms with Gasteiger partial charge in [0.15, 0.2) is 11.6 Å². The van der Waals surface area contributed by atoms with Crippen LogP contribution < -0.4 is 10.5 Å². The first-order valence-electron chi connectivity index (χ1n) is 8.88. The van der Waals surface area contributed by atoms with Crippen molar-refractivity contribution in [3.8, 4) is 0 Å². The summed E-state index contributed by atoms with van der Waals surface area (Å²) in [5.41, 5.74) is 2.26. The zero-order valence-corrected chi connectivity index (χ0v) is 16.2. The van der Waals surface area contributed by atoms with Crippen LogP contribution in [0.3, 0.4) is 0 Å². The molecule has 0 amide bonds. The summed E-state index contributed by atoms with van der Waals surface area (Å²) in [4.78, 5) is 20.8. The molecular formula is C22H16ClF2N3O. The van der Waals surface area contributed by atoms with Gasteiger partial charge in [-0.25, -0.2) is 8.78 Å². The molecule has 4 nitrogen and oxygen atoms in total. The highest BCUT2D eigenvalue weighted by Crippen LogP contribution is 2.32. The van der Waals surface area contributed by atoms with Gasteiger partial charge in [-0.2, -0.15) is 0 Å². The minimum Gasteiger partial charge on any atom is -0.335 e. The zero-order valence-electron chi connectivity index (χ0n) is 15.4. The van der Waals surface area contributed by atoms with Crippen LogP contribution in [-0.4, -0.2) is 9.97 Å². The van der Waals surface area contributed by atoms with Crippen LogP contribution in [0.1, 0.15) is 11.3 Å². The molecule has 1 N–H and O–H groups in total. The Morgan fingerprint density at radius 3 is 2.69 bits per heavy atom. The van der Waals surface area contributed by atoms with Crippen molar-refractivity contribution in [1.82, 2.24) is 9.97 Å². The number of hydrogen-bond donors (Lipinski definition) is 1. The highest BCUT2D eigenvalue weighted by molar-refractivity contribution is 6.30. The molecule has 0 spiro atoms. The summed E-state index contributed by atoms with van der Waals surface area (Å²) in [5, 5.41) is 0.981. The van der Waals surface area contributed by atoms with E-state index in [2.05, 4.69) is 9.97 Å². The Kier molecular flexibility index (Phi) is 5.03. The average Bonchev–Trinajstić information content (AvgIpc) is 2.70. The summed E-state index contributed by atoms with van der Waals surface area (Å²) in [6.45, 7) is 2.11. The fraction of sp³-hybridized carbons (Fsp3) is 0.0909. The van der Waals surface area contributed by atoms with E-state index in [4.69, 9.17) is 11.6 Å². The van der Waals surface area contributed by atoms with Crippen LogP contribution in [0.5, 0.6) is 0 Å². The van der Waals surface area contributed by atoms with Crippen LogP contribution in [0.15, 0.2) is 65.6 Å². The second-order valence-electron chi connectivity index (χ2n) is 6.62. The minimum atomic E-state index is -1.08. The number of anilines is 2. The summed E-state index contributed by atoms with van der Waals surface area (Å²) in [5.74, 6) is -2.09. The van der Waals surface area contributed by atoms with E-state index in [9.17, 15) is 13.6 Å². The van der Waals surface area contributed by atoms with Gasteiger partial charge < -0.3 is 9.88 Å². The summed E-state index contributed by atoms with van der Waals surface area (Å²) in [6, 6.07) is 14.9. The van der Waals surface area contributed by atoms with E-state index in [0.29, 0.717) is 16.0 Å². The van der Waals surface area contributed by atoms with Crippen LogP contribution >= 0.6 is 11.6 Å². The van der Waals surface area contributed by atoms with Gasteiger partial charge in [-0.05, 0) is 55.0 Å². The number of halogens is 3. The molecule has 2 aromatic carbocycles. The first kappa shape index (κ1) is 19.1. The van der Waals surface area contributed by atoms with Gasteiger partial charge in [-0.1, -0.05) is 17.7 Å². The summed E-state index contributed by atoms with van der Waals surface area (Å²) in [6.07, 6.45) is 1.69. The molecule has 4 rings (SSSR count). The topological polar surface area (TPSA) is 49.0 Å². The Hall–Kier alpha value is -3.25. The van der Waals surface area contributed by atoms with E-state index in [1.807, 2.05) is 36.1 Å². The van der Waals surface area contributed by atoms with E-state index >= 15 is 0 Å². The molecule has 0 aliphatic carbocycles. The Morgan fingerprint density at radius 1 is 1.10 bits per heavy atom. The maximum Gasteiger partial charge on any atom is 0.248 e. The van der Waals surface area contributed by atoms with Crippen LogP contribution in [0, 0.1) is 18.6 Å². The smallest absolute Gasteiger partial charge is 0.248 e. The zero-order chi connectivity index (χ0) is 20.5. The van der Waals surface area contributed by atoms with Crippen molar-refractivity contribution in [1.29, 1.82) is 0 Å². The maximum atomic E-state index is 14.3.